The Bertz CT molecular complexity index is 743. The van der Waals surface area contributed by atoms with Crippen LogP contribution in [0.15, 0.2) is 18.2 Å². The second-order valence-corrected chi connectivity index (χ2v) is 9.52. The van der Waals surface area contributed by atoms with Crippen LogP contribution in [0.1, 0.15) is 61.0 Å². The van der Waals surface area contributed by atoms with Crippen molar-refractivity contribution in [1.82, 2.24) is 0 Å². The summed E-state index contributed by atoms with van der Waals surface area (Å²) in [5, 5.41) is 0. The van der Waals surface area contributed by atoms with E-state index in [0.717, 1.165) is 12.1 Å². The van der Waals surface area contributed by atoms with Gasteiger partial charge in [-0.2, -0.15) is 13.2 Å². The summed E-state index contributed by atoms with van der Waals surface area (Å²) >= 11 is 0. The molecule has 0 bridgehead atoms. The Labute approximate surface area is 165 Å². The van der Waals surface area contributed by atoms with Gasteiger partial charge in [-0.1, -0.05) is 18.2 Å². The Hall–Kier alpha value is -1.02. The lowest BCUT2D eigenvalue weighted by molar-refractivity contribution is -0.137. The van der Waals surface area contributed by atoms with Gasteiger partial charge in [0.2, 0.25) is 0 Å². The monoisotopic (exact) mass is 398 g/mol. The maximum absolute atomic E-state index is 13.4. The van der Waals surface area contributed by atoms with E-state index in [4.69, 9.17) is 18.6 Å². The van der Waals surface area contributed by atoms with Gasteiger partial charge >= 0.3 is 20.4 Å². The zero-order chi connectivity index (χ0) is 21.3. The molecule has 154 valence electrons. The Morgan fingerprint density at radius 2 is 1.00 bits per heavy atom. The molecule has 2 aliphatic rings. The largest absolute Gasteiger partial charge is 0.494 e. The van der Waals surface area contributed by atoms with Gasteiger partial charge in [0.1, 0.15) is 0 Å². The molecule has 0 amide bonds. The molecule has 0 aromatic heterocycles. The highest BCUT2D eigenvalue weighted by molar-refractivity contribution is 6.74. The molecule has 0 radical (unpaired) electrons. The van der Waals surface area contributed by atoms with E-state index in [9.17, 15) is 13.2 Å². The molecule has 1 aromatic rings. The molecule has 1 aromatic carbocycles. The van der Waals surface area contributed by atoms with E-state index in [1.54, 1.807) is 0 Å². The zero-order valence-electron chi connectivity index (χ0n) is 17.7. The van der Waals surface area contributed by atoms with Gasteiger partial charge in [0.25, 0.3) is 0 Å². The highest BCUT2D eigenvalue weighted by Crippen LogP contribution is 2.39. The molecule has 2 saturated heterocycles. The second-order valence-electron chi connectivity index (χ2n) is 9.52. The second kappa shape index (κ2) is 6.24. The third kappa shape index (κ3) is 3.51. The van der Waals surface area contributed by atoms with Crippen LogP contribution >= 0.6 is 0 Å². The molecule has 2 fully saturated rings. The van der Waals surface area contributed by atoms with Crippen molar-refractivity contribution in [2.75, 3.05) is 0 Å². The van der Waals surface area contributed by atoms with Crippen LogP contribution in [0.5, 0.6) is 0 Å². The lowest BCUT2D eigenvalue weighted by Gasteiger charge is -2.32. The highest BCUT2D eigenvalue weighted by atomic mass is 19.4. The fourth-order valence-electron chi connectivity index (χ4n) is 3.11. The zero-order valence-corrected chi connectivity index (χ0v) is 17.7. The van der Waals surface area contributed by atoms with Crippen LogP contribution < -0.4 is 10.9 Å². The summed E-state index contributed by atoms with van der Waals surface area (Å²) < 4.78 is 64.3. The fourth-order valence-corrected chi connectivity index (χ4v) is 3.11. The van der Waals surface area contributed by atoms with Gasteiger partial charge in [0, 0.05) is 0 Å². The first-order valence-corrected chi connectivity index (χ1v) is 9.39. The maximum Gasteiger partial charge on any atom is 0.494 e. The number of rotatable bonds is 2. The molecule has 3 rings (SSSR count). The molecule has 4 nitrogen and oxygen atoms in total. The molecule has 9 heteroatoms. The lowest BCUT2D eigenvalue weighted by Crippen LogP contribution is -2.52. The Morgan fingerprint density at radius 1 is 0.643 bits per heavy atom. The van der Waals surface area contributed by atoms with Crippen LogP contribution in [0.3, 0.4) is 0 Å². The molecule has 0 aliphatic carbocycles. The smallest absolute Gasteiger partial charge is 0.399 e. The number of alkyl halides is 3. The van der Waals surface area contributed by atoms with Gasteiger partial charge in [-0.15, -0.1) is 0 Å². The fraction of sp³-hybridized carbons (Fsp3) is 0.684. The summed E-state index contributed by atoms with van der Waals surface area (Å²) in [5.74, 6) is 0. The van der Waals surface area contributed by atoms with Crippen LogP contribution in [-0.2, 0) is 24.8 Å². The molecule has 2 heterocycles. The molecule has 0 unspecified atom stereocenters. The van der Waals surface area contributed by atoms with E-state index in [1.165, 1.54) is 6.07 Å². The predicted molar refractivity (Wildman–Crippen MR) is 103 cm³/mol. The Balaban J connectivity index is 2.07. The molecule has 0 N–H and O–H groups in total. The van der Waals surface area contributed by atoms with Gasteiger partial charge in [-0.05, 0) is 66.3 Å². The molecular weight excluding hydrogens is 371 g/mol. The first-order chi connectivity index (χ1) is 12.5. The molecule has 28 heavy (non-hydrogen) atoms. The third-order valence-corrected chi connectivity index (χ3v) is 6.43. The summed E-state index contributed by atoms with van der Waals surface area (Å²) in [7, 11) is -1.78. The number of halogens is 3. The molecule has 0 spiro atoms. The Kier molecular flexibility index (Phi) is 4.83. The number of hydrogen-bond donors (Lipinski definition) is 0. The molecule has 2 aliphatic heterocycles. The number of hydrogen-bond acceptors (Lipinski definition) is 4. The van der Waals surface area contributed by atoms with Crippen LogP contribution in [0.25, 0.3) is 0 Å². The average Bonchev–Trinajstić information content (AvgIpc) is 2.85. The van der Waals surface area contributed by atoms with Crippen LogP contribution in [-0.4, -0.2) is 36.6 Å². The SMILES string of the molecule is CC1(C)OB(c2ccc(C(F)(F)F)cc2B2OC(C)(C)C(C)(C)O2)OC1(C)C. The van der Waals surface area contributed by atoms with Crippen molar-refractivity contribution in [2.24, 2.45) is 0 Å². The molecular formula is C19H27B2F3O4. The quantitative estimate of drug-likeness (QED) is 0.717. The first kappa shape index (κ1) is 21.7. The minimum atomic E-state index is -4.48. The highest BCUT2D eigenvalue weighted by Gasteiger charge is 2.56. The summed E-state index contributed by atoms with van der Waals surface area (Å²) in [5.41, 5.74) is -2.62. The van der Waals surface area contributed by atoms with Crippen LogP contribution in [0.2, 0.25) is 0 Å². The average molecular weight is 398 g/mol. The van der Waals surface area contributed by atoms with Crippen LogP contribution in [0, 0.1) is 0 Å². The summed E-state index contributed by atoms with van der Waals surface area (Å²) in [6.45, 7) is 15.0. The van der Waals surface area contributed by atoms with Crippen molar-refractivity contribution in [3.8, 4) is 0 Å². The van der Waals surface area contributed by atoms with Gasteiger partial charge in [-0.3, -0.25) is 0 Å². The van der Waals surface area contributed by atoms with Crippen molar-refractivity contribution in [3.63, 3.8) is 0 Å². The van der Waals surface area contributed by atoms with Crippen molar-refractivity contribution in [3.05, 3.63) is 23.8 Å². The summed E-state index contributed by atoms with van der Waals surface area (Å²) in [4.78, 5) is 0. The van der Waals surface area contributed by atoms with Gasteiger partial charge in [-0.25, -0.2) is 0 Å². The first-order valence-electron chi connectivity index (χ1n) is 9.39. The van der Waals surface area contributed by atoms with E-state index >= 15 is 0 Å². The minimum Gasteiger partial charge on any atom is -0.399 e. The lowest BCUT2D eigenvalue weighted by atomic mass is 9.64. The van der Waals surface area contributed by atoms with Gasteiger partial charge < -0.3 is 18.6 Å². The summed E-state index contributed by atoms with van der Waals surface area (Å²) in [6.07, 6.45) is -4.48. The molecule has 0 saturated carbocycles. The standard InChI is InChI=1S/C19H27B2F3O4/c1-15(2)16(3,4)26-20(25-15)13-10-9-12(19(22,23)24)11-14(13)21-27-17(5,6)18(7,8)28-21/h9-11H,1-8H3. The van der Waals surface area contributed by atoms with Crippen LogP contribution in [0.4, 0.5) is 13.2 Å². The van der Waals surface area contributed by atoms with Gasteiger partial charge in [0.05, 0.1) is 28.0 Å². The topological polar surface area (TPSA) is 36.9 Å². The van der Waals surface area contributed by atoms with Crippen molar-refractivity contribution < 1.29 is 31.8 Å². The summed E-state index contributed by atoms with van der Waals surface area (Å²) in [6, 6.07) is 3.50. The number of benzene rings is 1. The normalized spacial score (nSPS) is 25.4. The van der Waals surface area contributed by atoms with Crippen molar-refractivity contribution in [2.45, 2.75) is 84.0 Å². The Morgan fingerprint density at radius 3 is 1.36 bits per heavy atom. The van der Waals surface area contributed by atoms with Crippen molar-refractivity contribution >= 4 is 25.2 Å². The van der Waals surface area contributed by atoms with E-state index in [1.807, 2.05) is 55.4 Å². The van der Waals surface area contributed by atoms with E-state index < -0.39 is 48.4 Å². The van der Waals surface area contributed by atoms with E-state index in [0.29, 0.717) is 5.46 Å². The minimum absolute atomic E-state index is 0.270. The van der Waals surface area contributed by atoms with E-state index in [-0.39, 0.29) is 5.46 Å². The van der Waals surface area contributed by atoms with E-state index in [2.05, 4.69) is 0 Å². The predicted octanol–water partition coefficient (Wildman–Crippen LogP) is 3.30. The molecule has 0 atom stereocenters. The van der Waals surface area contributed by atoms with Crippen molar-refractivity contribution in [1.29, 1.82) is 0 Å². The maximum atomic E-state index is 13.4. The van der Waals surface area contributed by atoms with Gasteiger partial charge in [0.15, 0.2) is 0 Å². The third-order valence-electron chi connectivity index (χ3n) is 6.43.